The van der Waals surface area contributed by atoms with Crippen LogP contribution in [0.2, 0.25) is 0 Å². The second kappa shape index (κ2) is 15.7. The maximum Gasteiger partial charge on any atom is 0.191 e. The molecular weight excluding hydrogens is 488 g/mol. The number of benzene rings is 1. The molecule has 2 atom stereocenters. The van der Waals surface area contributed by atoms with Gasteiger partial charge in [-0.25, -0.2) is 9.38 Å². The van der Waals surface area contributed by atoms with Gasteiger partial charge in [0, 0.05) is 38.3 Å². The van der Waals surface area contributed by atoms with E-state index in [1.54, 1.807) is 12.1 Å². The molecule has 166 valence electrons. The minimum atomic E-state index is -0.298. The van der Waals surface area contributed by atoms with Gasteiger partial charge in [-0.1, -0.05) is 13.0 Å². The molecule has 2 N–H and O–H groups in total. The largest absolute Gasteiger partial charge is 0.488 e. The van der Waals surface area contributed by atoms with E-state index < -0.39 is 0 Å². The van der Waals surface area contributed by atoms with Crippen LogP contribution < -0.4 is 15.4 Å². The van der Waals surface area contributed by atoms with Crippen LogP contribution in [0.25, 0.3) is 0 Å². The molecule has 0 amide bonds. The van der Waals surface area contributed by atoms with Crippen molar-refractivity contribution in [1.82, 2.24) is 10.6 Å². The van der Waals surface area contributed by atoms with Gasteiger partial charge >= 0.3 is 0 Å². The minimum Gasteiger partial charge on any atom is -0.488 e. The van der Waals surface area contributed by atoms with E-state index in [1.807, 2.05) is 13.8 Å². The molecule has 0 spiro atoms. The number of hydrogen-bond acceptors (Lipinski definition) is 4. The second-order valence-electron chi connectivity index (χ2n) is 6.91. The zero-order valence-corrected chi connectivity index (χ0v) is 19.8. The lowest BCUT2D eigenvalue weighted by molar-refractivity contribution is 0.0888. The first kappa shape index (κ1) is 25.9. The topological polar surface area (TPSA) is 64.1 Å². The Morgan fingerprint density at radius 1 is 1.34 bits per heavy atom. The van der Waals surface area contributed by atoms with E-state index in [-0.39, 0.29) is 35.9 Å². The summed E-state index contributed by atoms with van der Waals surface area (Å²) in [6.07, 6.45) is 2.70. The van der Waals surface area contributed by atoms with Crippen LogP contribution in [-0.4, -0.2) is 58.1 Å². The SMILES string of the molecule is CCNC(=NCC(CC)Oc1cccc(F)c1)NCCCOCC1CCOC1.I. The summed E-state index contributed by atoms with van der Waals surface area (Å²) in [5, 5.41) is 6.56. The Hall–Kier alpha value is -1.13. The van der Waals surface area contributed by atoms with E-state index in [4.69, 9.17) is 14.2 Å². The standard InChI is InChI=1S/C21H34FN3O3.HI/c1-3-19(28-20-8-5-7-18(22)13-20)14-25-21(23-4-2)24-10-6-11-26-15-17-9-12-27-16-17;/h5,7-8,13,17,19H,3-4,6,9-12,14-16H2,1-2H3,(H2,23,24,25);1H. The van der Waals surface area contributed by atoms with Crippen molar-refractivity contribution in [3.63, 3.8) is 0 Å². The van der Waals surface area contributed by atoms with Crippen LogP contribution in [0.15, 0.2) is 29.3 Å². The van der Waals surface area contributed by atoms with Crippen LogP contribution in [0, 0.1) is 11.7 Å². The summed E-state index contributed by atoms with van der Waals surface area (Å²) in [6, 6.07) is 6.21. The van der Waals surface area contributed by atoms with Crippen molar-refractivity contribution < 1.29 is 18.6 Å². The third-order valence-corrected chi connectivity index (χ3v) is 4.49. The van der Waals surface area contributed by atoms with Crippen LogP contribution in [0.4, 0.5) is 4.39 Å². The molecular formula is C21H35FIN3O3. The number of ether oxygens (including phenoxy) is 3. The zero-order valence-electron chi connectivity index (χ0n) is 17.5. The van der Waals surface area contributed by atoms with Crippen molar-refractivity contribution in [2.24, 2.45) is 10.9 Å². The highest BCUT2D eigenvalue weighted by Gasteiger charge is 2.15. The molecule has 29 heavy (non-hydrogen) atoms. The van der Waals surface area contributed by atoms with Crippen LogP contribution in [-0.2, 0) is 9.47 Å². The van der Waals surface area contributed by atoms with E-state index in [2.05, 4.69) is 15.6 Å². The summed E-state index contributed by atoms with van der Waals surface area (Å²) >= 11 is 0. The Labute approximate surface area is 191 Å². The molecule has 1 aliphatic rings. The number of hydrogen-bond donors (Lipinski definition) is 2. The summed E-state index contributed by atoms with van der Waals surface area (Å²) in [7, 11) is 0. The van der Waals surface area contributed by atoms with Crippen LogP contribution in [0.3, 0.4) is 0 Å². The lowest BCUT2D eigenvalue weighted by Gasteiger charge is -2.17. The van der Waals surface area contributed by atoms with Gasteiger partial charge in [0.2, 0.25) is 0 Å². The molecule has 0 aromatic heterocycles. The summed E-state index contributed by atoms with van der Waals surface area (Å²) < 4.78 is 30.2. The maximum absolute atomic E-state index is 13.3. The highest BCUT2D eigenvalue weighted by Crippen LogP contribution is 2.15. The molecule has 1 saturated heterocycles. The molecule has 8 heteroatoms. The summed E-state index contributed by atoms with van der Waals surface area (Å²) in [5.74, 6) is 1.54. The second-order valence-corrected chi connectivity index (χ2v) is 6.91. The number of aliphatic imine (C=N–C) groups is 1. The summed E-state index contributed by atoms with van der Waals surface area (Å²) in [4.78, 5) is 4.60. The molecule has 0 aliphatic carbocycles. The molecule has 1 aliphatic heterocycles. The van der Waals surface area contributed by atoms with Crippen LogP contribution in [0.1, 0.15) is 33.1 Å². The monoisotopic (exact) mass is 523 g/mol. The number of nitrogens with one attached hydrogen (secondary N) is 2. The molecule has 1 aromatic carbocycles. The molecule has 1 fully saturated rings. The van der Waals surface area contributed by atoms with E-state index >= 15 is 0 Å². The predicted molar refractivity (Wildman–Crippen MR) is 125 cm³/mol. The van der Waals surface area contributed by atoms with E-state index in [9.17, 15) is 4.39 Å². The van der Waals surface area contributed by atoms with Gasteiger partial charge in [-0.3, -0.25) is 0 Å². The fourth-order valence-electron chi connectivity index (χ4n) is 2.86. The van der Waals surface area contributed by atoms with Crippen molar-refractivity contribution in [3.05, 3.63) is 30.1 Å². The Balaban J connectivity index is 0.00000420. The molecule has 0 bridgehead atoms. The lowest BCUT2D eigenvalue weighted by Crippen LogP contribution is -2.39. The highest BCUT2D eigenvalue weighted by atomic mass is 127. The third-order valence-electron chi connectivity index (χ3n) is 4.49. The zero-order chi connectivity index (χ0) is 20.0. The number of nitrogens with zero attached hydrogens (tertiary/aromatic N) is 1. The first-order chi connectivity index (χ1) is 13.7. The molecule has 2 unspecified atom stereocenters. The summed E-state index contributed by atoms with van der Waals surface area (Å²) in [5.41, 5.74) is 0. The highest BCUT2D eigenvalue weighted by molar-refractivity contribution is 14.0. The molecule has 6 nitrogen and oxygen atoms in total. The minimum absolute atomic E-state index is 0. The average molecular weight is 523 g/mol. The first-order valence-electron chi connectivity index (χ1n) is 10.3. The van der Waals surface area contributed by atoms with Gasteiger partial charge in [-0.15, -0.1) is 24.0 Å². The first-order valence-corrected chi connectivity index (χ1v) is 10.3. The van der Waals surface area contributed by atoms with Crippen molar-refractivity contribution in [2.45, 2.75) is 39.2 Å². The van der Waals surface area contributed by atoms with Gasteiger partial charge < -0.3 is 24.8 Å². The van der Waals surface area contributed by atoms with E-state index in [0.29, 0.717) is 18.2 Å². The van der Waals surface area contributed by atoms with Gasteiger partial charge in [0.1, 0.15) is 17.7 Å². The van der Waals surface area contributed by atoms with Crippen molar-refractivity contribution >= 4 is 29.9 Å². The molecule has 0 radical (unpaired) electrons. The van der Waals surface area contributed by atoms with Crippen LogP contribution in [0.5, 0.6) is 5.75 Å². The summed E-state index contributed by atoms with van der Waals surface area (Å²) in [6.45, 7) is 9.33. The van der Waals surface area contributed by atoms with Crippen LogP contribution >= 0.6 is 24.0 Å². The van der Waals surface area contributed by atoms with Gasteiger partial charge in [-0.2, -0.15) is 0 Å². The van der Waals surface area contributed by atoms with Gasteiger partial charge in [0.05, 0.1) is 19.8 Å². The molecule has 1 aromatic rings. The molecule has 0 saturated carbocycles. The van der Waals surface area contributed by atoms with Crippen molar-refractivity contribution in [2.75, 3.05) is 46.1 Å². The Morgan fingerprint density at radius 2 is 2.21 bits per heavy atom. The number of halogens is 2. The fourth-order valence-corrected chi connectivity index (χ4v) is 2.86. The fraction of sp³-hybridized carbons (Fsp3) is 0.667. The average Bonchev–Trinajstić information content (AvgIpc) is 3.21. The van der Waals surface area contributed by atoms with Crippen molar-refractivity contribution in [3.8, 4) is 5.75 Å². The smallest absolute Gasteiger partial charge is 0.191 e. The van der Waals surface area contributed by atoms with Gasteiger partial charge in [0.25, 0.3) is 0 Å². The Morgan fingerprint density at radius 3 is 2.90 bits per heavy atom. The van der Waals surface area contributed by atoms with Gasteiger partial charge in [-0.05, 0) is 38.3 Å². The maximum atomic E-state index is 13.3. The number of guanidine groups is 1. The Bertz CT molecular complexity index is 586. The van der Waals surface area contributed by atoms with E-state index in [1.165, 1.54) is 12.1 Å². The van der Waals surface area contributed by atoms with Gasteiger partial charge in [0.15, 0.2) is 5.96 Å². The normalized spacial score (nSPS) is 17.5. The predicted octanol–water partition coefficient (Wildman–Crippen LogP) is 3.60. The quantitative estimate of drug-likeness (QED) is 0.190. The third kappa shape index (κ3) is 11.0. The Kier molecular flexibility index (Phi) is 14.0. The molecule has 1 heterocycles. The van der Waals surface area contributed by atoms with Crippen molar-refractivity contribution in [1.29, 1.82) is 0 Å². The number of rotatable bonds is 12. The van der Waals surface area contributed by atoms with E-state index in [0.717, 1.165) is 64.7 Å². The molecule has 2 rings (SSSR count). The lowest BCUT2D eigenvalue weighted by atomic mass is 10.1.